The number of rotatable bonds is 5. The number of hydrogen-bond acceptors (Lipinski definition) is 4. The predicted molar refractivity (Wildman–Crippen MR) is 141 cm³/mol. The van der Waals surface area contributed by atoms with Gasteiger partial charge in [0.1, 0.15) is 5.82 Å². The van der Waals surface area contributed by atoms with E-state index in [9.17, 15) is 9.59 Å². The molecular formula is C29H28N4O2. The van der Waals surface area contributed by atoms with Crippen LogP contribution in [0.5, 0.6) is 0 Å². The Hall–Kier alpha value is -4.03. The molecule has 2 heterocycles. The van der Waals surface area contributed by atoms with E-state index in [0.717, 1.165) is 33.8 Å². The molecule has 6 nitrogen and oxygen atoms in total. The van der Waals surface area contributed by atoms with Gasteiger partial charge in [-0.2, -0.15) is 0 Å². The predicted octanol–water partition coefficient (Wildman–Crippen LogP) is 5.27. The normalized spacial score (nSPS) is 15.9. The quantitative estimate of drug-likeness (QED) is 0.323. The SMILES string of the molecule is C=CC(=O)N(Cc1cc2ccccc2c2ccccc12)c1cnc2c(c1)CN(CC)C(C)C(=O)N2. The third kappa shape index (κ3) is 4.17. The molecule has 35 heavy (non-hydrogen) atoms. The topological polar surface area (TPSA) is 65.5 Å². The van der Waals surface area contributed by atoms with Crippen molar-refractivity contribution in [2.24, 2.45) is 0 Å². The van der Waals surface area contributed by atoms with Gasteiger partial charge in [-0.25, -0.2) is 4.98 Å². The Morgan fingerprint density at radius 2 is 1.86 bits per heavy atom. The molecule has 1 atom stereocenters. The minimum Gasteiger partial charge on any atom is -0.309 e. The Bertz CT molecular complexity index is 1460. The fourth-order valence-corrected chi connectivity index (χ4v) is 4.85. The molecule has 0 spiro atoms. The summed E-state index contributed by atoms with van der Waals surface area (Å²) in [4.78, 5) is 33.9. The first kappa shape index (κ1) is 22.7. The van der Waals surface area contributed by atoms with Gasteiger partial charge in [0, 0.05) is 12.1 Å². The van der Waals surface area contributed by atoms with Crippen molar-refractivity contribution in [1.82, 2.24) is 9.88 Å². The van der Waals surface area contributed by atoms with Gasteiger partial charge >= 0.3 is 0 Å². The fourth-order valence-electron chi connectivity index (χ4n) is 4.85. The second-order valence-corrected chi connectivity index (χ2v) is 8.86. The molecule has 0 bridgehead atoms. The van der Waals surface area contributed by atoms with E-state index in [4.69, 9.17) is 0 Å². The molecule has 3 aromatic carbocycles. The number of nitrogens with one attached hydrogen (secondary N) is 1. The van der Waals surface area contributed by atoms with Crippen molar-refractivity contribution in [2.45, 2.75) is 33.0 Å². The second-order valence-electron chi connectivity index (χ2n) is 8.86. The lowest BCUT2D eigenvalue weighted by molar-refractivity contribution is -0.120. The molecule has 4 aromatic rings. The summed E-state index contributed by atoms with van der Waals surface area (Å²) < 4.78 is 0. The van der Waals surface area contributed by atoms with E-state index in [1.165, 1.54) is 11.5 Å². The summed E-state index contributed by atoms with van der Waals surface area (Å²) in [5.74, 6) is 0.263. The van der Waals surface area contributed by atoms with Gasteiger partial charge in [0.15, 0.2) is 0 Å². The number of pyridine rings is 1. The number of anilines is 2. The lowest BCUT2D eigenvalue weighted by atomic mass is 9.97. The Kier molecular flexibility index (Phi) is 6.05. The summed E-state index contributed by atoms with van der Waals surface area (Å²) in [6.45, 7) is 9.33. The number of carbonyl (C=O) groups is 2. The summed E-state index contributed by atoms with van der Waals surface area (Å²) in [5, 5.41) is 7.50. The van der Waals surface area contributed by atoms with Crippen LogP contribution in [0.25, 0.3) is 21.5 Å². The molecule has 5 rings (SSSR count). The Labute approximate surface area is 204 Å². The molecule has 0 aliphatic carbocycles. The zero-order valence-corrected chi connectivity index (χ0v) is 20.0. The van der Waals surface area contributed by atoms with Crippen molar-refractivity contribution in [3.63, 3.8) is 0 Å². The first-order valence-electron chi connectivity index (χ1n) is 11.9. The van der Waals surface area contributed by atoms with Crippen molar-refractivity contribution in [3.05, 3.63) is 90.6 Å². The van der Waals surface area contributed by atoms with Crippen molar-refractivity contribution in [2.75, 3.05) is 16.8 Å². The number of benzene rings is 3. The van der Waals surface area contributed by atoms with Crippen LogP contribution in [-0.4, -0.2) is 34.3 Å². The van der Waals surface area contributed by atoms with Crippen molar-refractivity contribution >= 4 is 44.9 Å². The van der Waals surface area contributed by atoms with Gasteiger partial charge in [-0.05, 0) is 58.8 Å². The summed E-state index contributed by atoms with van der Waals surface area (Å²) in [6.07, 6.45) is 2.98. The Morgan fingerprint density at radius 1 is 1.14 bits per heavy atom. The maximum absolute atomic E-state index is 13.1. The zero-order valence-electron chi connectivity index (χ0n) is 20.0. The lowest BCUT2D eigenvalue weighted by Gasteiger charge is -2.25. The van der Waals surface area contributed by atoms with Crippen LogP contribution in [-0.2, 0) is 22.7 Å². The second kappa shape index (κ2) is 9.31. The van der Waals surface area contributed by atoms with Crippen LogP contribution < -0.4 is 10.2 Å². The third-order valence-corrected chi connectivity index (χ3v) is 6.84. The summed E-state index contributed by atoms with van der Waals surface area (Å²) in [6, 6.07) is 20.4. The molecule has 0 fully saturated rings. The first-order chi connectivity index (χ1) is 17.0. The molecule has 0 radical (unpaired) electrons. The number of carbonyl (C=O) groups excluding carboxylic acids is 2. The molecule has 1 aliphatic heterocycles. The first-order valence-corrected chi connectivity index (χ1v) is 11.9. The highest BCUT2D eigenvalue weighted by molar-refractivity contribution is 6.09. The van der Waals surface area contributed by atoms with Crippen molar-refractivity contribution < 1.29 is 9.59 Å². The van der Waals surface area contributed by atoms with Crippen LogP contribution in [0.4, 0.5) is 11.5 Å². The Balaban J connectivity index is 1.59. The number of likely N-dealkylation sites (N-methyl/N-ethyl adjacent to an activating group) is 1. The van der Waals surface area contributed by atoms with Gasteiger partial charge in [-0.1, -0.05) is 62.0 Å². The lowest BCUT2D eigenvalue weighted by Crippen LogP contribution is -2.39. The molecule has 6 heteroatoms. The van der Waals surface area contributed by atoms with E-state index in [2.05, 4.69) is 52.1 Å². The zero-order chi connectivity index (χ0) is 24.5. The molecule has 1 unspecified atom stereocenters. The molecule has 0 saturated heterocycles. The number of aromatic nitrogens is 1. The highest BCUT2D eigenvalue weighted by Crippen LogP contribution is 2.32. The smallest absolute Gasteiger partial charge is 0.250 e. The van der Waals surface area contributed by atoms with E-state index in [-0.39, 0.29) is 17.9 Å². The summed E-state index contributed by atoms with van der Waals surface area (Å²) in [5.41, 5.74) is 2.60. The van der Waals surface area contributed by atoms with E-state index >= 15 is 0 Å². The summed E-state index contributed by atoms with van der Waals surface area (Å²) in [7, 11) is 0. The van der Waals surface area contributed by atoms with Crippen LogP contribution in [0.15, 0.2) is 79.5 Å². The van der Waals surface area contributed by atoms with Gasteiger partial charge in [-0.3, -0.25) is 14.5 Å². The number of amides is 2. The highest BCUT2D eigenvalue weighted by Gasteiger charge is 2.27. The molecule has 1 N–H and O–H groups in total. The average Bonchev–Trinajstić information content (AvgIpc) is 3.01. The number of hydrogen-bond donors (Lipinski definition) is 1. The van der Waals surface area contributed by atoms with Gasteiger partial charge < -0.3 is 10.2 Å². The molecular weight excluding hydrogens is 436 g/mol. The van der Waals surface area contributed by atoms with Crippen LogP contribution in [0.1, 0.15) is 25.0 Å². The largest absolute Gasteiger partial charge is 0.309 e. The minimum atomic E-state index is -0.257. The number of nitrogens with zero attached hydrogens (tertiary/aromatic N) is 3. The standard InChI is InChI=1S/C29H28N4O2/c1-4-27(34)33(23-15-22-17-32(5-2)19(3)29(35)31-28(22)30-16-23)18-21-14-20-10-6-7-11-24(20)26-13-9-8-12-25(21)26/h4,6-16,19H,1,5,17-18H2,2-3H3,(H,30,31,35). The highest BCUT2D eigenvalue weighted by atomic mass is 16.2. The molecule has 1 aromatic heterocycles. The minimum absolute atomic E-state index is 0.0764. The van der Waals surface area contributed by atoms with Crippen molar-refractivity contribution in [3.8, 4) is 0 Å². The third-order valence-electron chi connectivity index (χ3n) is 6.84. The fraction of sp³-hybridized carbons (Fsp3) is 0.207. The number of fused-ring (bicyclic) bond motifs is 4. The van der Waals surface area contributed by atoms with Gasteiger partial charge in [0.2, 0.25) is 5.91 Å². The van der Waals surface area contributed by atoms with Crippen LogP contribution in [0.2, 0.25) is 0 Å². The van der Waals surface area contributed by atoms with Crippen LogP contribution in [0.3, 0.4) is 0 Å². The molecule has 0 saturated carbocycles. The molecule has 1 aliphatic rings. The van der Waals surface area contributed by atoms with E-state index < -0.39 is 0 Å². The van der Waals surface area contributed by atoms with E-state index in [1.54, 1.807) is 11.1 Å². The van der Waals surface area contributed by atoms with E-state index in [1.807, 2.05) is 44.2 Å². The molecule has 2 amide bonds. The van der Waals surface area contributed by atoms with Crippen LogP contribution in [0, 0.1) is 0 Å². The van der Waals surface area contributed by atoms with E-state index in [0.29, 0.717) is 24.6 Å². The monoisotopic (exact) mass is 464 g/mol. The van der Waals surface area contributed by atoms with Gasteiger partial charge in [0.05, 0.1) is 24.5 Å². The molecule has 176 valence electrons. The average molecular weight is 465 g/mol. The maximum atomic E-state index is 13.1. The maximum Gasteiger partial charge on any atom is 0.250 e. The van der Waals surface area contributed by atoms with Gasteiger partial charge in [-0.15, -0.1) is 0 Å². The summed E-state index contributed by atoms with van der Waals surface area (Å²) >= 11 is 0. The van der Waals surface area contributed by atoms with Crippen molar-refractivity contribution in [1.29, 1.82) is 0 Å². The van der Waals surface area contributed by atoms with Crippen LogP contribution >= 0.6 is 0 Å². The Morgan fingerprint density at radius 3 is 2.60 bits per heavy atom. The van der Waals surface area contributed by atoms with Gasteiger partial charge in [0.25, 0.3) is 5.91 Å².